The minimum absolute atomic E-state index is 0.708. The van der Waals surface area contributed by atoms with E-state index in [1.165, 1.54) is 11.8 Å². The Hall–Kier alpha value is -0.440. The quantitative estimate of drug-likeness (QED) is 0.556. The number of hydrogen-bond donors (Lipinski definition) is 0. The van der Waals surface area contributed by atoms with Crippen molar-refractivity contribution in [2.24, 2.45) is 4.99 Å². The van der Waals surface area contributed by atoms with Crippen LogP contribution in [0.2, 0.25) is 0 Å². The molecule has 0 saturated carbocycles. The van der Waals surface area contributed by atoms with Gasteiger partial charge in [-0.2, -0.15) is 0 Å². The van der Waals surface area contributed by atoms with E-state index >= 15 is 0 Å². The second-order valence-electron chi connectivity index (χ2n) is 1.53. The zero-order valence-corrected chi connectivity index (χ0v) is 6.15. The van der Waals surface area contributed by atoms with E-state index in [1.54, 1.807) is 0 Å². The molecule has 0 amide bonds. The molecular formula is C6H9NOS. The first-order chi connectivity index (χ1) is 4.43. The van der Waals surface area contributed by atoms with Crippen molar-refractivity contribution in [2.75, 3.05) is 13.2 Å². The summed E-state index contributed by atoms with van der Waals surface area (Å²) in [4.78, 5) is 4.09. The lowest BCUT2D eigenvalue weighted by molar-refractivity contribution is 0.337. The van der Waals surface area contributed by atoms with Gasteiger partial charge >= 0.3 is 0 Å². The molecule has 1 aliphatic heterocycles. The van der Waals surface area contributed by atoms with Gasteiger partial charge in [-0.25, -0.2) is 4.99 Å². The number of thioether (sulfide) groups is 1. The molecule has 0 N–H and O–H groups in total. The molecule has 50 valence electrons. The molecule has 1 aliphatic rings. The van der Waals surface area contributed by atoms with E-state index in [4.69, 9.17) is 4.74 Å². The fourth-order valence-electron chi connectivity index (χ4n) is 0.517. The van der Waals surface area contributed by atoms with Crippen LogP contribution >= 0.6 is 11.8 Å². The molecule has 0 bridgehead atoms. The van der Waals surface area contributed by atoms with Crippen molar-refractivity contribution in [1.29, 1.82) is 0 Å². The Morgan fingerprint density at radius 3 is 3.33 bits per heavy atom. The van der Waals surface area contributed by atoms with Crippen molar-refractivity contribution in [1.82, 2.24) is 0 Å². The van der Waals surface area contributed by atoms with Gasteiger partial charge in [-0.05, 0) is 24.1 Å². The monoisotopic (exact) mass is 143 g/mol. The van der Waals surface area contributed by atoms with Crippen LogP contribution in [0.25, 0.3) is 0 Å². The van der Waals surface area contributed by atoms with Crippen LogP contribution in [0.4, 0.5) is 0 Å². The van der Waals surface area contributed by atoms with Gasteiger partial charge in [-0.3, -0.25) is 0 Å². The summed E-state index contributed by atoms with van der Waals surface area (Å²) < 4.78 is 5.14. The Balaban J connectivity index is 2.32. The van der Waals surface area contributed by atoms with Gasteiger partial charge < -0.3 is 4.74 Å². The van der Waals surface area contributed by atoms with Crippen molar-refractivity contribution in [3.8, 4) is 0 Å². The third-order valence-corrected chi connectivity index (χ3v) is 1.64. The molecule has 0 fully saturated rings. The molecule has 1 rings (SSSR count). The number of rotatable bonds is 1. The van der Waals surface area contributed by atoms with Crippen molar-refractivity contribution >= 4 is 17.0 Å². The summed E-state index contributed by atoms with van der Waals surface area (Å²) in [6, 6.07) is 0. The highest BCUT2D eigenvalue weighted by Crippen LogP contribution is 2.11. The molecule has 0 spiro atoms. The lowest BCUT2D eigenvalue weighted by Gasteiger charge is -2.05. The van der Waals surface area contributed by atoms with E-state index in [-0.39, 0.29) is 0 Å². The number of nitrogens with zero attached hydrogens (tertiary/aromatic N) is 1. The number of hydrogen-bond acceptors (Lipinski definition) is 3. The predicted octanol–water partition coefficient (Wildman–Crippen LogP) is 1.64. The van der Waals surface area contributed by atoms with Crippen LogP contribution < -0.4 is 0 Å². The summed E-state index contributed by atoms with van der Waals surface area (Å²) in [7, 11) is 0. The van der Waals surface area contributed by atoms with Crippen LogP contribution in [0.3, 0.4) is 0 Å². The Bertz CT molecular complexity index is 142. The van der Waals surface area contributed by atoms with Gasteiger partial charge in [-0.15, -0.1) is 0 Å². The smallest absolute Gasteiger partial charge is 0.250 e. The first-order valence-corrected chi connectivity index (χ1v) is 3.80. The molecule has 0 radical (unpaired) electrons. The minimum atomic E-state index is 0.708. The topological polar surface area (TPSA) is 21.6 Å². The Labute approximate surface area is 59.0 Å². The van der Waals surface area contributed by atoms with Crippen molar-refractivity contribution in [3.63, 3.8) is 0 Å². The third-order valence-electron chi connectivity index (χ3n) is 0.859. The predicted molar refractivity (Wildman–Crippen MR) is 40.7 cm³/mol. The maximum atomic E-state index is 5.14. The first-order valence-electron chi connectivity index (χ1n) is 2.92. The Morgan fingerprint density at radius 2 is 2.78 bits per heavy atom. The van der Waals surface area contributed by atoms with Gasteiger partial charge in [0.2, 0.25) is 5.23 Å². The zero-order chi connectivity index (χ0) is 6.53. The number of ether oxygens (including phenoxy) is 1. The maximum Gasteiger partial charge on any atom is 0.250 e. The normalized spacial score (nSPS) is 17.2. The van der Waals surface area contributed by atoms with E-state index in [2.05, 4.69) is 4.99 Å². The highest BCUT2D eigenvalue weighted by molar-refractivity contribution is 8.16. The van der Waals surface area contributed by atoms with Crippen LogP contribution in [-0.2, 0) is 4.74 Å². The fourth-order valence-corrected chi connectivity index (χ4v) is 1.15. The van der Waals surface area contributed by atoms with E-state index in [1.807, 2.05) is 18.4 Å². The minimum Gasteiger partial charge on any atom is -0.473 e. The van der Waals surface area contributed by atoms with Crippen molar-refractivity contribution < 1.29 is 4.74 Å². The molecule has 0 unspecified atom stereocenters. The molecule has 0 aliphatic carbocycles. The Kier molecular flexibility index (Phi) is 2.64. The van der Waals surface area contributed by atoms with E-state index < -0.39 is 0 Å². The second-order valence-corrected chi connectivity index (χ2v) is 2.39. The van der Waals surface area contributed by atoms with Crippen LogP contribution in [0.15, 0.2) is 16.5 Å². The van der Waals surface area contributed by atoms with Gasteiger partial charge in [0, 0.05) is 0 Å². The molecule has 1 heterocycles. The van der Waals surface area contributed by atoms with Gasteiger partial charge in [0.05, 0.1) is 13.2 Å². The molecular weight excluding hydrogens is 134 g/mol. The van der Waals surface area contributed by atoms with Crippen molar-refractivity contribution in [2.45, 2.75) is 6.92 Å². The van der Waals surface area contributed by atoms with Crippen LogP contribution in [0.1, 0.15) is 6.92 Å². The molecule has 2 nitrogen and oxygen atoms in total. The lowest BCUT2D eigenvalue weighted by Crippen LogP contribution is -2.01. The van der Waals surface area contributed by atoms with Gasteiger partial charge in [0.15, 0.2) is 0 Å². The summed E-state index contributed by atoms with van der Waals surface area (Å²) in [5.41, 5.74) is 0. The average Bonchev–Trinajstić information content (AvgIpc) is 1.91. The summed E-state index contributed by atoms with van der Waals surface area (Å²) in [5.74, 6) is 0. The molecule has 0 atom stereocenters. The summed E-state index contributed by atoms with van der Waals surface area (Å²) in [5, 5.41) is 2.79. The van der Waals surface area contributed by atoms with Crippen molar-refractivity contribution in [3.05, 3.63) is 11.5 Å². The zero-order valence-electron chi connectivity index (χ0n) is 5.33. The highest BCUT2D eigenvalue weighted by Gasteiger charge is 1.98. The summed E-state index contributed by atoms with van der Waals surface area (Å²) in [6.07, 6.45) is 2.01. The molecule has 9 heavy (non-hydrogen) atoms. The summed E-state index contributed by atoms with van der Waals surface area (Å²) >= 11 is 1.53. The molecule has 0 aromatic heterocycles. The fraction of sp³-hybridized carbons (Fsp3) is 0.500. The van der Waals surface area contributed by atoms with Crippen LogP contribution in [0.5, 0.6) is 0 Å². The van der Waals surface area contributed by atoms with E-state index in [0.717, 1.165) is 11.8 Å². The largest absolute Gasteiger partial charge is 0.473 e. The first kappa shape index (κ1) is 6.68. The molecule has 0 aromatic rings. The lowest BCUT2D eigenvalue weighted by atomic mass is 10.6. The highest BCUT2D eigenvalue weighted by atomic mass is 32.2. The standard InChI is InChI=1S/C6H9NOS/c1-2-8-6-7-4-3-5-9-6/h3,5H,2,4H2,1H3. The molecule has 0 saturated heterocycles. The average molecular weight is 143 g/mol. The van der Waals surface area contributed by atoms with Crippen LogP contribution in [0, 0.1) is 0 Å². The van der Waals surface area contributed by atoms with E-state index in [0.29, 0.717) is 6.61 Å². The molecule has 0 aromatic carbocycles. The maximum absolute atomic E-state index is 5.14. The van der Waals surface area contributed by atoms with Gasteiger partial charge in [0.25, 0.3) is 0 Å². The second kappa shape index (κ2) is 3.56. The summed E-state index contributed by atoms with van der Waals surface area (Å²) in [6.45, 7) is 3.43. The van der Waals surface area contributed by atoms with Gasteiger partial charge in [0.1, 0.15) is 0 Å². The van der Waals surface area contributed by atoms with Gasteiger partial charge in [-0.1, -0.05) is 6.08 Å². The third kappa shape index (κ3) is 2.10. The molecule has 3 heteroatoms. The SMILES string of the molecule is CCOC1=NCC=CS1. The number of aliphatic imine (C=N–C) groups is 1. The van der Waals surface area contributed by atoms with E-state index in [9.17, 15) is 0 Å². The van der Waals surface area contributed by atoms with Crippen LogP contribution in [-0.4, -0.2) is 18.4 Å². The Morgan fingerprint density at radius 1 is 1.89 bits per heavy atom.